The molecule has 27 heavy (non-hydrogen) atoms. The highest BCUT2D eigenvalue weighted by Crippen LogP contribution is 2.40. The summed E-state index contributed by atoms with van der Waals surface area (Å²) in [6.07, 6.45) is 0.488. The number of aliphatic carboxylic acids is 1. The number of hydrogen-bond acceptors (Lipinski definition) is 3. The van der Waals surface area contributed by atoms with Crippen molar-refractivity contribution in [2.75, 3.05) is 12.4 Å². The number of rotatable bonds is 5. The van der Waals surface area contributed by atoms with Crippen molar-refractivity contribution in [2.24, 2.45) is 5.41 Å². The molecular weight excluding hydrogens is 344 g/mol. The number of benzene rings is 2. The highest BCUT2D eigenvalue weighted by molar-refractivity contribution is 6.04. The number of carbonyl (C=O) groups is 3. The van der Waals surface area contributed by atoms with Gasteiger partial charge in [-0.3, -0.25) is 14.4 Å². The first-order chi connectivity index (χ1) is 12.8. The molecule has 0 aliphatic heterocycles. The van der Waals surface area contributed by atoms with Crippen molar-refractivity contribution >= 4 is 23.5 Å². The van der Waals surface area contributed by atoms with Gasteiger partial charge in [0.05, 0.1) is 16.7 Å². The second-order valence-electron chi connectivity index (χ2n) is 7.06. The van der Waals surface area contributed by atoms with Gasteiger partial charge in [-0.05, 0) is 43.0 Å². The van der Waals surface area contributed by atoms with E-state index >= 15 is 0 Å². The van der Waals surface area contributed by atoms with Crippen LogP contribution in [0.4, 0.5) is 5.69 Å². The molecule has 0 radical (unpaired) electrons. The summed E-state index contributed by atoms with van der Waals surface area (Å²) in [5.41, 5.74) is 2.39. The number of carboxylic acid groups (broad SMARTS) is 1. The summed E-state index contributed by atoms with van der Waals surface area (Å²) < 4.78 is 0. The average molecular weight is 366 g/mol. The zero-order valence-corrected chi connectivity index (χ0v) is 15.3. The SMILES string of the molecule is CNC(=O)c1cc(C)ccc1NC(=O)CC1(C(=O)O)Cc2ccccc2C1. The Bertz CT molecular complexity index is 895. The molecule has 0 saturated carbocycles. The third kappa shape index (κ3) is 3.69. The first-order valence-electron chi connectivity index (χ1n) is 8.77. The molecule has 2 aromatic carbocycles. The van der Waals surface area contributed by atoms with Gasteiger partial charge in [-0.15, -0.1) is 0 Å². The molecule has 0 spiro atoms. The van der Waals surface area contributed by atoms with Crippen molar-refractivity contribution in [1.82, 2.24) is 5.32 Å². The Morgan fingerprint density at radius 3 is 2.26 bits per heavy atom. The minimum atomic E-state index is -1.16. The lowest BCUT2D eigenvalue weighted by Gasteiger charge is -2.23. The Balaban J connectivity index is 1.81. The fourth-order valence-electron chi connectivity index (χ4n) is 3.64. The topological polar surface area (TPSA) is 95.5 Å². The molecular formula is C21H22N2O4. The molecule has 1 aliphatic rings. The van der Waals surface area contributed by atoms with E-state index in [1.165, 1.54) is 7.05 Å². The Morgan fingerprint density at radius 1 is 1.07 bits per heavy atom. The molecule has 3 rings (SSSR count). The standard InChI is InChI=1S/C21H22N2O4/c1-13-7-8-17(16(9-13)19(25)22-2)23-18(24)12-21(20(26)27)10-14-5-3-4-6-15(14)11-21/h3-9H,10-12H2,1-2H3,(H,22,25)(H,23,24)(H,26,27). The lowest BCUT2D eigenvalue weighted by atomic mass is 9.81. The predicted octanol–water partition coefficient (Wildman–Crippen LogP) is 2.55. The summed E-state index contributed by atoms with van der Waals surface area (Å²) in [6.45, 7) is 1.85. The zero-order chi connectivity index (χ0) is 19.6. The molecule has 0 saturated heterocycles. The summed E-state index contributed by atoms with van der Waals surface area (Å²) in [6, 6.07) is 12.7. The van der Waals surface area contributed by atoms with Gasteiger partial charge in [-0.25, -0.2) is 0 Å². The fourth-order valence-corrected chi connectivity index (χ4v) is 3.64. The van der Waals surface area contributed by atoms with Gasteiger partial charge >= 0.3 is 5.97 Å². The van der Waals surface area contributed by atoms with E-state index in [4.69, 9.17) is 0 Å². The van der Waals surface area contributed by atoms with E-state index in [2.05, 4.69) is 10.6 Å². The van der Waals surface area contributed by atoms with Gasteiger partial charge in [-0.2, -0.15) is 0 Å². The largest absolute Gasteiger partial charge is 0.481 e. The molecule has 6 nitrogen and oxygen atoms in total. The maximum Gasteiger partial charge on any atom is 0.310 e. The molecule has 0 bridgehead atoms. The molecule has 140 valence electrons. The minimum Gasteiger partial charge on any atom is -0.481 e. The summed E-state index contributed by atoms with van der Waals surface area (Å²) >= 11 is 0. The Morgan fingerprint density at radius 2 is 1.70 bits per heavy atom. The number of nitrogens with one attached hydrogen (secondary N) is 2. The van der Waals surface area contributed by atoms with Crippen molar-refractivity contribution in [3.05, 3.63) is 64.7 Å². The van der Waals surface area contributed by atoms with E-state index in [0.717, 1.165) is 16.7 Å². The van der Waals surface area contributed by atoms with Gasteiger partial charge in [0.15, 0.2) is 0 Å². The summed E-state index contributed by atoms with van der Waals surface area (Å²) in [7, 11) is 1.52. The molecule has 1 aliphatic carbocycles. The zero-order valence-electron chi connectivity index (χ0n) is 15.3. The van der Waals surface area contributed by atoms with Crippen LogP contribution in [0.3, 0.4) is 0 Å². The number of aryl methyl sites for hydroxylation is 1. The molecule has 2 amide bonds. The van der Waals surface area contributed by atoms with E-state index in [1.807, 2.05) is 31.2 Å². The molecule has 0 heterocycles. The smallest absolute Gasteiger partial charge is 0.310 e. The van der Waals surface area contributed by atoms with Crippen LogP contribution in [0.5, 0.6) is 0 Å². The third-order valence-corrected chi connectivity index (χ3v) is 5.05. The van der Waals surface area contributed by atoms with Crippen LogP contribution in [-0.2, 0) is 22.4 Å². The number of amides is 2. The molecule has 0 unspecified atom stereocenters. The minimum absolute atomic E-state index is 0.155. The number of hydrogen-bond donors (Lipinski definition) is 3. The van der Waals surface area contributed by atoms with Crippen LogP contribution in [0, 0.1) is 12.3 Å². The number of carbonyl (C=O) groups excluding carboxylic acids is 2. The number of anilines is 1. The third-order valence-electron chi connectivity index (χ3n) is 5.05. The van der Waals surface area contributed by atoms with Crippen molar-refractivity contribution in [3.63, 3.8) is 0 Å². The molecule has 0 fully saturated rings. The summed E-state index contributed by atoms with van der Waals surface area (Å²) in [5, 5.41) is 15.1. The quantitative estimate of drug-likeness (QED) is 0.758. The first kappa shape index (κ1) is 18.6. The Labute approximate surface area is 157 Å². The van der Waals surface area contributed by atoms with Crippen LogP contribution in [0.2, 0.25) is 0 Å². The van der Waals surface area contributed by atoms with Crippen LogP contribution in [0.25, 0.3) is 0 Å². The van der Waals surface area contributed by atoms with E-state index in [1.54, 1.807) is 18.2 Å². The van der Waals surface area contributed by atoms with Gasteiger partial charge in [0.1, 0.15) is 0 Å². The van der Waals surface area contributed by atoms with E-state index in [9.17, 15) is 19.5 Å². The van der Waals surface area contributed by atoms with Crippen molar-refractivity contribution < 1.29 is 19.5 Å². The average Bonchev–Trinajstić information content (AvgIpc) is 3.01. The van der Waals surface area contributed by atoms with Crippen molar-refractivity contribution in [3.8, 4) is 0 Å². The summed E-state index contributed by atoms with van der Waals surface area (Å²) in [4.78, 5) is 36.7. The monoisotopic (exact) mass is 366 g/mol. The molecule has 0 atom stereocenters. The van der Waals surface area contributed by atoms with Crippen LogP contribution >= 0.6 is 0 Å². The second-order valence-corrected chi connectivity index (χ2v) is 7.06. The lowest BCUT2D eigenvalue weighted by molar-refractivity contribution is -0.150. The molecule has 6 heteroatoms. The number of fused-ring (bicyclic) bond motifs is 1. The lowest BCUT2D eigenvalue weighted by Crippen LogP contribution is -2.36. The maximum atomic E-state index is 12.7. The Kier molecular flexibility index (Phi) is 4.99. The van der Waals surface area contributed by atoms with Gasteiger partial charge in [0, 0.05) is 13.5 Å². The van der Waals surface area contributed by atoms with Crippen molar-refractivity contribution in [1.29, 1.82) is 0 Å². The summed E-state index contributed by atoms with van der Waals surface area (Å²) in [5.74, 6) is -1.71. The number of carboxylic acids is 1. The van der Waals surface area contributed by atoms with Crippen LogP contribution in [-0.4, -0.2) is 29.9 Å². The van der Waals surface area contributed by atoms with Gasteiger partial charge in [-0.1, -0.05) is 35.9 Å². The fraction of sp³-hybridized carbons (Fsp3) is 0.286. The van der Waals surface area contributed by atoms with E-state index in [0.29, 0.717) is 24.1 Å². The highest BCUT2D eigenvalue weighted by Gasteiger charge is 2.45. The predicted molar refractivity (Wildman–Crippen MR) is 102 cm³/mol. The molecule has 0 aromatic heterocycles. The van der Waals surface area contributed by atoms with Crippen LogP contribution in [0.15, 0.2) is 42.5 Å². The molecule has 2 aromatic rings. The normalized spacial score (nSPS) is 14.3. The first-order valence-corrected chi connectivity index (χ1v) is 8.77. The maximum absolute atomic E-state index is 12.7. The Hall–Kier alpha value is -3.15. The van der Waals surface area contributed by atoms with Crippen LogP contribution in [0.1, 0.15) is 33.5 Å². The van der Waals surface area contributed by atoms with Gasteiger partial charge in [0.2, 0.25) is 5.91 Å². The molecule has 3 N–H and O–H groups in total. The van der Waals surface area contributed by atoms with Gasteiger partial charge in [0.25, 0.3) is 5.91 Å². The van der Waals surface area contributed by atoms with E-state index < -0.39 is 17.3 Å². The highest BCUT2D eigenvalue weighted by atomic mass is 16.4. The van der Waals surface area contributed by atoms with E-state index in [-0.39, 0.29) is 12.3 Å². The van der Waals surface area contributed by atoms with Crippen molar-refractivity contribution in [2.45, 2.75) is 26.2 Å². The van der Waals surface area contributed by atoms with Gasteiger partial charge < -0.3 is 15.7 Å². The van der Waals surface area contributed by atoms with Crippen LogP contribution < -0.4 is 10.6 Å². The second kappa shape index (κ2) is 7.23.